The third-order valence-corrected chi connectivity index (χ3v) is 2.33. The predicted octanol–water partition coefficient (Wildman–Crippen LogP) is 2.74. The van der Waals surface area contributed by atoms with Crippen LogP contribution in [0.5, 0.6) is 0 Å². The van der Waals surface area contributed by atoms with Gasteiger partial charge in [0.25, 0.3) is 0 Å². The monoisotopic (exact) mass is 248 g/mol. The molecule has 1 aromatic carbocycles. The van der Waals surface area contributed by atoms with Crippen LogP contribution in [0.4, 0.5) is 0 Å². The number of carboxylic acids is 1. The van der Waals surface area contributed by atoms with Gasteiger partial charge in [0.15, 0.2) is 0 Å². The second-order valence-corrected chi connectivity index (χ2v) is 3.75. The van der Waals surface area contributed by atoms with Gasteiger partial charge in [-0.15, -0.1) is 0 Å². The maximum atomic E-state index is 11.3. The number of esters is 1. The molecule has 0 aliphatic rings. The maximum absolute atomic E-state index is 11.3. The molecule has 0 aliphatic carbocycles. The van der Waals surface area contributed by atoms with Crippen molar-refractivity contribution in [3.8, 4) is 0 Å². The summed E-state index contributed by atoms with van der Waals surface area (Å²) in [7, 11) is 0. The van der Waals surface area contributed by atoms with Crippen molar-refractivity contribution in [2.45, 2.75) is 19.8 Å². The van der Waals surface area contributed by atoms with E-state index >= 15 is 0 Å². The van der Waals surface area contributed by atoms with E-state index in [4.69, 9.17) is 9.84 Å². The van der Waals surface area contributed by atoms with Crippen LogP contribution in [0.15, 0.2) is 30.3 Å². The van der Waals surface area contributed by atoms with Gasteiger partial charge in [0.1, 0.15) is 0 Å². The molecular weight excluding hydrogens is 232 g/mol. The molecule has 96 valence electrons. The van der Waals surface area contributed by atoms with Crippen LogP contribution in [0.25, 0.3) is 6.08 Å². The van der Waals surface area contributed by atoms with Crippen molar-refractivity contribution in [3.63, 3.8) is 0 Å². The van der Waals surface area contributed by atoms with Crippen LogP contribution in [0.3, 0.4) is 0 Å². The van der Waals surface area contributed by atoms with Crippen LogP contribution in [0.1, 0.15) is 35.7 Å². The summed E-state index contributed by atoms with van der Waals surface area (Å²) < 4.78 is 4.93. The zero-order valence-electron chi connectivity index (χ0n) is 10.3. The Labute approximate surface area is 106 Å². The molecule has 0 radical (unpaired) electrons. The van der Waals surface area contributed by atoms with Crippen molar-refractivity contribution in [3.05, 3.63) is 41.5 Å². The first-order chi connectivity index (χ1) is 8.65. The summed E-state index contributed by atoms with van der Waals surface area (Å²) in [5.41, 5.74) is 0.646. The van der Waals surface area contributed by atoms with Gasteiger partial charge in [-0.2, -0.15) is 0 Å². The molecule has 4 heteroatoms. The van der Waals surface area contributed by atoms with E-state index in [1.54, 1.807) is 18.2 Å². The molecule has 1 aromatic rings. The first-order valence-electron chi connectivity index (χ1n) is 5.82. The molecule has 18 heavy (non-hydrogen) atoms. The summed E-state index contributed by atoms with van der Waals surface area (Å²) in [5, 5.41) is 8.95. The Morgan fingerprint density at radius 1 is 1.33 bits per heavy atom. The summed E-state index contributed by atoms with van der Waals surface area (Å²) in [6.07, 6.45) is 4.49. The van der Waals surface area contributed by atoms with E-state index in [9.17, 15) is 9.59 Å². The number of unbranched alkanes of at least 4 members (excludes halogenated alkanes) is 1. The van der Waals surface area contributed by atoms with Crippen LogP contribution < -0.4 is 0 Å². The van der Waals surface area contributed by atoms with Crippen LogP contribution in [-0.2, 0) is 9.53 Å². The second-order valence-electron chi connectivity index (χ2n) is 3.75. The van der Waals surface area contributed by atoms with Gasteiger partial charge in [-0.3, -0.25) is 0 Å². The summed E-state index contributed by atoms with van der Waals surface area (Å²) in [6, 6.07) is 6.48. The first kappa shape index (κ1) is 14.0. The van der Waals surface area contributed by atoms with Crippen LogP contribution in [-0.4, -0.2) is 23.7 Å². The predicted molar refractivity (Wildman–Crippen MR) is 68.3 cm³/mol. The number of hydrogen-bond acceptors (Lipinski definition) is 3. The molecule has 0 atom stereocenters. The maximum Gasteiger partial charge on any atom is 0.336 e. The topological polar surface area (TPSA) is 63.6 Å². The molecule has 0 saturated heterocycles. The van der Waals surface area contributed by atoms with Crippen molar-refractivity contribution in [2.24, 2.45) is 0 Å². The molecule has 0 saturated carbocycles. The summed E-state index contributed by atoms with van der Waals surface area (Å²) in [4.78, 5) is 22.2. The average molecular weight is 248 g/mol. The number of rotatable bonds is 6. The molecule has 0 aliphatic heterocycles. The lowest BCUT2D eigenvalue weighted by Crippen LogP contribution is -2.02. The average Bonchev–Trinajstić information content (AvgIpc) is 2.37. The highest BCUT2D eigenvalue weighted by atomic mass is 16.5. The first-order valence-corrected chi connectivity index (χ1v) is 5.82. The fourth-order valence-corrected chi connectivity index (χ4v) is 1.36. The number of carbonyl (C=O) groups excluding carboxylic acids is 1. The molecule has 1 N–H and O–H groups in total. The van der Waals surface area contributed by atoms with Crippen LogP contribution in [0.2, 0.25) is 0 Å². The van der Waals surface area contributed by atoms with E-state index in [1.807, 2.05) is 6.92 Å². The second kappa shape index (κ2) is 7.27. The molecule has 4 nitrogen and oxygen atoms in total. The lowest BCUT2D eigenvalue weighted by Gasteiger charge is -2.01. The highest BCUT2D eigenvalue weighted by Crippen LogP contribution is 2.10. The Balaban J connectivity index is 2.66. The van der Waals surface area contributed by atoms with Gasteiger partial charge >= 0.3 is 11.9 Å². The van der Waals surface area contributed by atoms with Crippen molar-refractivity contribution in [2.75, 3.05) is 6.61 Å². The molecule has 0 heterocycles. The quantitative estimate of drug-likeness (QED) is 0.477. The number of ether oxygens (including phenoxy) is 1. The van der Waals surface area contributed by atoms with Gasteiger partial charge in [-0.05, 0) is 24.1 Å². The van der Waals surface area contributed by atoms with Crippen LogP contribution in [0, 0.1) is 0 Å². The van der Waals surface area contributed by atoms with E-state index in [0.717, 1.165) is 12.8 Å². The minimum Gasteiger partial charge on any atom is -0.478 e. The molecule has 0 spiro atoms. The normalized spacial score (nSPS) is 10.5. The van der Waals surface area contributed by atoms with Crippen molar-refractivity contribution < 1.29 is 19.4 Å². The largest absolute Gasteiger partial charge is 0.478 e. The molecular formula is C14H16O4. The summed E-state index contributed by atoms with van der Waals surface area (Å²) in [5.74, 6) is -1.47. The van der Waals surface area contributed by atoms with Gasteiger partial charge in [-0.25, -0.2) is 9.59 Å². The molecule has 0 unspecified atom stereocenters. The lowest BCUT2D eigenvalue weighted by molar-refractivity contribution is -0.137. The Hall–Kier alpha value is -2.10. The Bertz CT molecular complexity index is 449. The highest BCUT2D eigenvalue weighted by molar-refractivity contribution is 5.94. The van der Waals surface area contributed by atoms with E-state index in [0.29, 0.717) is 12.2 Å². The third kappa shape index (κ3) is 4.41. The van der Waals surface area contributed by atoms with Gasteiger partial charge in [0.2, 0.25) is 0 Å². The van der Waals surface area contributed by atoms with Crippen molar-refractivity contribution in [1.29, 1.82) is 0 Å². The van der Waals surface area contributed by atoms with Gasteiger partial charge in [0.05, 0.1) is 12.2 Å². The molecule has 0 bridgehead atoms. The molecule has 0 fully saturated rings. The Morgan fingerprint density at radius 3 is 2.72 bits per heavy atom. The lowest BCUT2D eigenvalue weighted by atomic mass is 10.1. The highest BCUT2D eigenvalue weighted by Gasteiger charge is 2.06. The number of carboxylic acid groups (broad SMARTS) is 1. The van der Waals surface area contributed by atoms with Crippen molar-refractivity contribution in [1.82, 2.24) is 0 Å². The fraction of sp³-hybridized carbons (Fsp3) is 0.286. The van der Waals surface area contributed by atoms with E-state index in [1.165, 1.54) is 18.2 Å². The number of hydrogen-bond donors (Lipinski definition) is 1. The van der Waals surface area contributed by atoms with E-state index in [2.05, 4.69) is 0 Å². The van der Waals surface area contributed by atoms with E-state index < -0.39 is 11.9 Å². The van der Waals surface area contributed by atoms with Gasteiger partial charge in [0, 0.05) is 6.08 Å². The zero-order chi connectivity index (χ0) is 13.4. The Morgan fingerprint density at radius 2 is 2.06 bits per heavy atom. The summed E-state index contributed by atoms with van der Waals surface area (Å²) in [6.45, 7) is 2.40. The fourth-order valence-electron chi connectivity index (χ4n) is 1.36. The minimum atomic E-state index is -1.02. The minimum absolute atomic E-state index is 0.162. The third-order valence-electron chi connectivity index (χ3n) is 2.33. The van der Waals surface area contributed by atoms with E-state index in [-0.39, 0.29) is 5.56 Å². The smallest absolute Gasteiger partial charge is 0.336 e. The van der Waals surface area contributed by atoms with Gasteiger partial charge < -0.3 is 9.84 Å². The molecule has 1 rings (SSSR count). The number of aromatic carboxylic acids is 1. The Kier molecular flexibility index (Phi) is 5.64. The van der Waals surface area contributed by atoms with Crippen molar-refractivity contribution >= 4 is 18.0 Å². The number of carbonyl (C=O) groups is 2. The zero-order valence-corrected chi connectivity index (χ0v) is 10.3. The SMILES string of the molecule is CCCCOC(=O)C=Cc1ccccc1C(=O)O. The van der Waals surface area contributed by atoms with Gasteiger partial charge in [-0.1, -0.05) is 31.5 Å². The molecule has 0 aromatic heterocycles. The summed E-state index contributed by atoms with van der Waals surface area (Å²) >= 11 is 0. The standard InChI is InChI=1S/C14H16O4/c1-2-3-10-18-13(15)9-8-11-6-4-5-7-12(11)14(16)17/h4-9H,2-3,10H2,1H3,(H,16,17). The van der Waals surface area contributed by atoms with Crippen LogP contribution >= 0.6 is 0 Å². The number of benzene rings is 1. The molecule has 0 amide bonds.